The summed E-state index contributed by atoms with van der Waals surface area (Å²) in [5.41, 5.74) is 2.07. The van der Waals surface area contributed by atoms with Gasteiger partial charge < -0.3 is 10.4 Å². The predicted octanol–water partition coefficient (Wildman–Crippen LogP) is 0.867. The highest BCUT2D eigenvalue weighted by atomic mass is 16.3. The molecule has 3 N–H and O–H groups in total. The van der Waals surface area contributed by atoms with Crippen LogP contribution in [0.25, 0.3) is 11.3 Å². The van der Waals surface area contributed by atoms with E-state index in [0.717, 1.165) is 16.8 Å². The molecule has 0 amide bonds. The maximum absolute atomic E-state index is 10.3. The van der Waals surface area contributed by atoms with E-state index in [1.54, 1.807) is 6.20 Å². The number of hydrogen-bond acceptors (Lipinski definition) is 3. The second kappa shape index (κ2) is 3.43. The lowest BCUT2D eigenvalue weighted by Gasteiger charge is -2.37. The van der Waals surface area contributed by atoms with E-state index in [9.17, 15) is 5.11 Å². The molecule has 82 valence electrons. The van der Waals surface area contributed by atoms with Crippen molar-refractivity contribution < 1.29 is 5.11 Å². The van der Waals surface area contributed by atoms with Crippen LogP contribution in [0, 0.1) is 0 Å². The van der Waals surface area contributed by atoms with Crippen LogP contribution in [0.4, 0.5) is 0 Å². The molecule has 3 rings (SSSR count). The van der Waals surface area contributed by atoms with Gasteiger partial charge in [0.05, 0.1) is 11.9 Å². The highest BCUT2D eigenvalue weighted by Crippen LogP contribution is 2.32. The summed E-state index contributed by atoms with van der Waals surface area (Å²) in [6.07, 6.45) is 1.71. The Morgan fingerprint density at radius 1 is 1.19 bits per heavy atom. The van der Waals surface area contributed by atoms with Crippen LogP contribution in [0.15, 0.2) is 36.5 Å². The topological polar surface area (TPSA) is 60.9 Å². The molecular formula is C12H13N3O. The second-order valence-electron chi connectivity index (χ2n) is 4.16. The molecule has 1 aliphatic heterocycles. The van der Waals surface area contributed by atoms with Gasteiger partial charge in [0.15, 0.2) is 0 Å². The number of nitrogens with zero attached hydrogens (tertiary/aromatic N) is 1. The summed E-state index contributed by atoms with van der Waals surface area (Å²) in [6.45, 7) is 1.18. The first-order chi connectivity index (χ1) is 7.80. The van der Waals surface area contributed by atoms with Crippen molar-refractivity contribution in [2.24, 2.45) is 0 Å². The predicted molar refractivity (Wildman–Crippen MR) is 60.8 cm³/mol. The van der Waals surface area contributed by atoms with Gasteiger partial charge in [0, 0.05) is 18.7 Å². The summed E-state index contributed by atoms with van der Waals surface area (Å²) in [7, 11) is 0. The Kier molecular flexibility index (Phi) is 2.05. The van der Waals surface area contributed by atoms with Crippen molar-refractivity contribution in [2.45, 2.75) is 5.60 Å². The number of benzene rings is 1. The standard InChI is InChI=1S/C12H13N3O/c16-12(7-13-8-12)10-6-14-15-11(10)9-4-2-1-3-5-9/h1-6,13,16H,7-8H2,(H,14,15). The van der Waals surface area contributed by atoms with Crippen molar-refractivity contribution in [3.63, 3.8) is 0 Å². The van der Waals surface area contributed by atoms with Crippen LogP contribution in [-0.2, 0) is 5.60 Å². The highest BCUT2D eigenvalue weighted by molar-refractivity contribution is 5.64. The number of aromatic nitrogens is 2. The third-order valence-corrected chi connectivity index (χ3v) is 3.04. The van der Waals surface area contributed by atoms with E-state index in [1.165, 1.54) is 0 Å². The fraction of sp³-hybridized carbons (Fsp3) is 0.250. The average Bonchev–Trinajstić information content (AvgIpc) is 2.76. The van der Waals surface area contributed by atoms with E-state index in [2.05, 4.69) is 15.5 Å². The molecule has 0 saturated carbocycles. The monoisotopic (exact) mass is 215 g/mol. The van der Waals surface area contributed by atoms with E-state index in [0.29, 0.717) is 13.1 Å². The molecule has 1 aromatic carbocycles. The van der Waals surface area contributed by atoms with E-state index in [4.69, 9.17) is 0 Å². The summed E-state index contributed by atoms with van der Waals surface area (Å²) < 4.78 is 0. The van der Waals surface area contributed by atoms with Crippen LogP contribution in [-0.4, -0.2) is 28.4 Å². The second-order valence-corrected chi connectivity index (χ2v) is 4.16. The summed E-state index contributed by atoms with van der Waals surface area (Å²) >= 11 is 0. The number of β-amino-alcohol motifs (C(OH)–C–C–N with tert-alkyl or cyclic N) is 1. The number of aromatic amines is 1. The molecule has 2 heterocycles. The van der Waals surface area contributed by atoms with E-state index < -0.39 is 5.60 Å². The number of aliphatic hydroxyl groups is 1. The Morgan fingerprint density at radius 2 is 1.94 bits per heavy atom. The molecule has 0 atom stereocenters. The van der Waals surface area contributed by atoms with Crippen LogP contribution in [0.2, 0.25) is 0 Å². The van der Waals surface area contributed by atoms with Gasteiger partial charge in [-0.2, -0.15) is 5.10 Å². The van der Waals surface area contributed by atoms with E-state index in [-0.39, 0.29) is 0 Å². The van der Waals surface area contributed by atoms with Crippen molar-refractivity contribution in [1.29, 1.82) is 0 Å². The molecule has 1 fully saturated rings. The molecule has 1 aromatic heterocycles. The minimum absolute atomic E-state index is 0.590. The third kappa shape index (κ3) is 1.35. The zero-order chi connectivity index (χ0) is 11.0. The summed E-state index contributed by atoms with van der Waals surface area (Å²) in [5, 5.41) is 20.4. The van der Waals surface area contributed by atoms with E-state index in [1.807, 2.05) is 30.3 Å². The highest BCUT2D eigenvalue weighted by Gasteiger charge is 2.39. The Morgan fingerprint density at radius 3 is 2.56 bits per heavy atom. The van der Waals surface area contributed by atoms with Gasteiger partial charge in [0.2, 0.25) is 0 Å². The quantitative estimate of drug-likeness (QED) is 0.696. The third-order valence-electron chi connectivity index (χ3n) is 3.04. The van der Waals surface area contributed by atoms with Crippen molar-refractivity contribution >= 4 is 0 Å². The molecule has 2 aromatic rings. The molecule has 16 heavy (non-hydrogen) atoms. The van der Waals surface area contributed by atoms with Crippen LogP contribution in [0.3, 0.4) is 0 Å². The Bertz CT molecular complexity index is 488. The molecule has 0 unspecified atom stereocenters. The zero-order valence-electron chi connectivity index (χ0n) is 8.77. The first-order valence-electron chi connectivity index (χ1n) is 5.32. The van der Waals surface area contributed by atoms with Crippen molar-refractivity contribution in [3.05, 3.63) is 42.1 Å². The number of H-pyrrole nitrogens is 1. The lowest BCUT2D eigenvalue weighted by atomic mass is 9.87. The fourth-order valence-electron chi connectivity index (χ4n) is 2.02. The van der Waals surface area contributed by atoms with Crippen LogP contribution >= 0.6 is 0 Å². The minimum atomic E-state index is -0.766. The molecular weight excluding hydrogens is 202 g/mol. The first kappa shape index (κ1) is 9.57. The molecule has 4 heteroatoms. The van der Waals surface area contributed by atoms with Crippen molar-refractivity contribution in [2.75, 3.05) is 13.1 Å². The largest absolute Gasteiger partial charge is 0.382 e. The summed E-state index contributed by atoms with van der Waals surface area (Å²) in [6, 6.07) is 9.93. The molecule has 0 radical (unpaired) electrons. The SMILES string of the molecule is OC1(c2cn[nH]c2-c2ccccc2)CNC1. The summed E-state index contributed by atoms with van der Waals surface area (Å²) in [5.74, 6) is 0. The lowest BCUT2D eigenvalue weighted by molar-refractivity contribution is -0.0141. The van der Waals surface area contributed by atoms with Gasteiger partial charge in [-0.05, 0) is 5.56 Å². The number of rotatable bonds is 2. The van der Waals surface area contributed by atoms with Crippen molar-refractivity contribution in [3.8, 4) is 11.3 Å². The van der Waals surface area contributed by atoms with Crippen molar-refractivity contribution in [1.82, 2.24) is 15.5 Å². The van der Waals surface area contributed by atoms with E-state index >= 15 is 0 Å². The first-order valence-corrected chi connectivity index (χ1v) is 5.32. The van der Waals surface area contributed by atoms with Gasteiger partial charge in [-0.1, -0.05) is 30.3 Å². The van der Waals surface area contributed by atoms with Gasteiger partial charge >= 0.3 is 0 Å². The number of hydrogen-bond donors (Lipinski definition) is 3. The zero-order valence-corrected chi connectivity index (χ0v) is 8.77. The molecule has 0 bridgehead atoms. The van der Waals surface area contributed by atoms with Gasteiger partial charge in [0.1, 0.15) is 5.60 Å². The lowest BCUT2D eigenvalue weighted by Crippen LogP contribution is -2.56. The van der Waals surface area contributed by atoms with Gasteiger partial charge in [-0.15, -0.1) is 0 Å². The maximum Gasteiger partial charge on any atom is 0.118 e. The minimum Gasteiger partial charge on any atom is -0.382 e. The van der Waals surface area contributed by atoms with Gasteiger partial charge in [-0.3, -0.25) is 5.10 Å². The molecule has 0 aliphatic carbocycles. The normalized spacial score (nSPS) is 18.1. The maximum atomic E-state index is 10.3. The Hall–Kier alpha value is -1.65. The smallest absolute Gasteiger partial charge is 0.118 e. The van der Waals surface area contributed by atoms with Gasteiger partial charge in [-0.25, -0.2) is 0 Å². The van der Waals surface area contributed by atoms with Gasteiger partial charge in [0.25, 0.3) is 0 Å². The summed E-state index contributed by atoms with van der Waals surface area (Å²) in [4.78, 5) is 0. The average molecular weight is 215 g/mol. The fourth-order valence-corrected chi connectivity index (χ4v) is 2.02. The molecule has 4 nitrogen and oxygen atoms in total. The van der Waals surface area contributed by atoms with Crippen LogP contribution in [0.1, 0.15) is 5.56 Å². The Balaban J connectivity index is 2.06. The molecule has 0 spiro atoms. The number of nitrogens with one attached hydrogen (secondary N) is 2. The van der Waals surface area contributed by atoms with Crippen LogP contribution in [0.5, 0.6) is 0 Å². The Labute approximate surface area is 93.3 Å². The van der Waals surface area contributed by atoms with Crippen LogP contribution < -0.4 is 5.32 Å². The molecule has 1 aliphatic rings. The molecule has 1 saturated heterocycles.